The summed E-state index contributed by atoms with van der Waals surface area (Å²) in [5.74, 6) is 10.7. The summed E-state index contributed by atoms with van der Waals surface area (Å²) in [6.07, 6.45) is 2.60. The first kappa shape index (κ1) is 9.84. The van der Waals surface area contributed by atoms with Crippen molar-refractivity contribution >= 4 is 0 Å². The minimum absolute atomic E-state index is 0.519. The SMILES string of the molecule is CCCC(N)(CC)N(N)N. The van der Waals surface area contributed by atoms with E-state index in [1.165, 1.54) is 0 Å². The van der Waals surface area contributed by atoms with Crippen LogP contribution in [-0.2, 0) is 0 Å². The summed E-state index contributed by atoms with van der Waals surface area (Å²) in [6, 6.07) is 0. The Morgan fingerprint density at radius 3 is 1.90 bits per heavy atom. The van der Waals surface area contributed by atoms with Crippen LogP contribution in [0.2, 0.25) is 0 Å². The highest BCUT2D eigenvalue weighted by molar-refractivity contribution is 4.76. The van der Waals surface area contributed by atoms with Gasteiger partial charge in [0.25, 0.3) is 0 Å². The number of hydrogen-bond donors (Lipinski definition) is 3. The van der Waals surface area contributed by atoms with Gasteiger partial charge in [0, 0.05) is 0 Å². The Kier molecular flexibility index (Phi) is 3.81. The van der Waals surface area contributed by atoms with Gasteiger partial charge in [-0.1, -0.05) is 20.3 Å². The van der Waals surface area contributed by atoms with Crippen molar-refractivity contribution in [3.8, 4) is 0 Å². The van der Waals surface area contributed by atoms with Crippen molar-refractivity contribution in [1.29, 1.82) is 0 Å². The topological polar surface area (TPSA) is 81.3 Å². The lowest BCUT2D eigenvalue weighted by molar-refractivity contribution is 0.0783. The number of hydrazine groups is 2. The Bertz CT molecular complexity index is 93.7. The van der Waals surface area contributed by atoms with Crippen molar-refractivity contribution in [2.45, 2.75) is 38.8 Å². The molecule has 10 heavy (non-hydrogen) atoms. The van der Waals surface area contributed by atoms with Gasteiger partial charge in [0.2, 0.25) is 0 Å². The number of rotatable bonds is 4. The maximum atomic E-state index is 5.83. The van der Waals surface area contributed by atoms with E-state index in [2.05, 4.69) is 6.92 Å². The first-order valence-electron chi connectivity index (χ1n) is 3.65. The molecule has 0 bridgehead atoms. The van der Waals surface area contributed by atoms with Gasteiger partial charge in [-0.15, -0.1) is 0 Å². The standard InChI is InChI=1S/C6H18N4/c1-3-5-6(7,4-2)10(8)9/h3-5,7-9H2,1-2H3. The van der Waals surface area contributed by atoms with E-state index in [0.29, 0.717) is 0 Å². The van der Waals surface area contributed by atoms with E-state index in [1.807, 2.05) is 6.92 Å². The minimum Gasteiger partial charge on any atom is -0.311 e. The molecule has 0 aromatic rings. The van der Waals surface area contributed by atoms with Gasteiger partial charge in [0.05, 0.1) is 5.66 Å². The maximum absolute atomic E-state index is 5.83. The summed E-state index contributed by atoms with van der Waals surface area (Å²) in [6.45, 7) is 4.03. The molecular weight excluding hydrogens is 128 g/mol. The van der Waals surface area contributed by atoms with Crippen LogP contribution in [0.3, 0.4) is 0 Å². The summed E-state index contributed by atoms with van der Waals surface area (Å²) in [4.78, 5) is 0. The van der Waals surface area contributed by atoms with Crippen LogP contribution in [0, 0.1) is 0 Å². The normalized spacial score (nSPS) is 17.4. The monoisotopic (exact) mass is 146 g/mol. The lowest BCUT2D eigenvalue weighted by Gasteiger charge is -2.33. The van der Waals surface area contributed by atoms with Crippen molar-refractivity contribution < 1.29 is 0 Å². The summed E-state index contributed by atoms with van der Waals surface area (Å²) in [7, 11) is 0. The Labute approximate surface area is 62.3 Å². The molecule has 6 N–H and O–H groups in total. The van der Waals surface area contributed by atoms with E-state index in [0.717, 1.165) is 24.4 Å². The molecule has 0 saturated carbocycles. The van der Waals surface area contributed by atoms with Crippen LogP contribution in [0.4, 0.5) is 0 Å². The van der Waals surface area contributed by atoms with Crippen LogP contribution in [0.25, 0.3) is 0 Å². The van der Waals surface area contributed by atoms with Gasteiger partial charge in [-0.25, -0.2) is 0 Å². The van der Waals surface area contributed by atoms with Crippen LogP contribution in [0.1, 0.15) is 33.1 Å². The molecule has 0 fully saturated rings. The van der Waals surface area contributed by atoms with Crippen molar-refractivity contribution in [2.75, 3.05) is 0 Å². The highest BCUT2D eigenvalue weighted by Gasteiger charge is 2.24. The molecule has 0 aromatic carbocycles. The van der Waals surface area contributed by atoms with Crippen LogP contribution < -0.4 is 17.4 Å². The number of hydrogen-bond acceptors (Lipinski definition) is 4. The summed E-state index contributed by atoms with van der Waals surface area (Å²) < 4.78 is 0. The second-order valence-electron chi connectivity index (χ2n) is 2.61. The first-order valence-corrected chi connectivity index (χ1v) is 3.65. The zero-order valence-corrected chi connectivity index (χ0v) is 6.80. The van der Waals surface area contributed by atoms with Crippen LogP contribution >= 0.6 is 0 Å². The van der Waals surface area contributed by atoms with E-state index < -0.39 is 5.66 Å². The third-order valence-corrected chi connectivity index (χ3v) is 1.81. The summed E-state index contributed by atoms with van der Waals surface area (Å²) in [5, 5.41) is 1.11. The lowest BCUT2D eigenvalue weighted by atomic mass is 10.0. The van der Waals surface area contributed by atoms with Gasteiger partial charge in [-0.05, 0) is 12.8 Å². The molecule has 0 spiro atoms. The maximum Gasteiger partial charge on any atom is 0.0968 e. The van der Waals surface area contributed by atoms with Crippen LogP contribution in [0.15, 0.2) is 0 Å². The Balaban J connectivity index is 3.94. The molecule has 1 atom stereocenters. The number of nitrogens with zero attached hydrogens (tertiary/aromatic N) is 1. The average molecular weight is 146 g/mol. The lowest BCUT2D eigenvalue weighted by Crippen LogP contribution is -2.62. The van der Waals surface area contributed by atoms with E-state index >= 15 is 0 Å². The fraction of sp³-hybridized carbons (Fsp3) is 1.00. The fourth-order valence-electron chi connectivity index (χ4n) is 0.921. The Morgan fingerprint density at radius 2 is 1.80 bits per heavy atom. The minimum atomic E-state index is -0.519. The second-order valence-corrected chi connectivity index (χ2v) is 2.61. The molecule has 0 aromatic heterocycles. The Morgan fingerprint density at radius 1 is 1.30 bits per heavy atom. The van der Waals surface area contributed by atoms with E-state index in [9.17, 15) is 0 Å². The highest BCUT2D eigenvalue weighted by Crippen LogP contribution is 2.12. The summed E-state index contributed by atoms with van der Waals surface area (Å²) >= 11 is 0. The highest BCUT2D eigenvalue weighted by atomic mass is 15.6. The van der Waals surface area contributed by atoms with E-state index in [1.54, 1.807) is 0 Å². The first-order chi connectivity index (χ1) is 4.56. The molecule has 0 aliphatic carbocycles. The largest absolute Gasteiger partial charge is 0.311 e. The quantitative estimate of drug-likeness (QED) is 0.294. The molecule has 0 heterocycles. The molecule has 1 unspecified atom stereocenters. The molecular formula is C6H18N4. The molecule has 4 nitrogen and oxygen atoms in total. The van der Waals surface area contributed by atoms with Gasteiger partial charge in [-0.3, -0.25) is 11.7 Å². The predicted octanol–water partition coefficient (Wildman–Crippen LogP) is -0.0991. The smallest absolute Gasteiger partial charge is 0.0968 e. The zero-order chi connectivity index (χ0) is 8.20. The van der Waals surface area contributed by atoms with Gasteiger partial charge in [0.1, 0.15) is 0 Å². The van der Waals surface area contributed by atoms with Gasteiger partial charge < -0.3 is 5.73 Å². The van der Waals surface area contributed by atoms with Crippen molar-refractivity contribution in [3.05, 3.63) is 0 Å². The molecule has 0 amide bonds. The zero-order valence-electron chi connectivity index (χ0n) is 6.80. The molecule has 0 saturated heterocycles. The second kappa shape index (κ2) is 3.88. The summed E-state index contributed by atoms with van der Waals surface area (Å²) in [5.41, 5.74) is 5.31. The van der Waals surface area contributed by atoms with E-state index in [-0.39, 0.29) is 0 Å². The van der Waals surface area contributed by atoms with Crippen LogP contribution in [0.5, 0.6) is 0 Å². The molecule has 0 radical (unpaired) electrons. The Hall–Kier alpha value is -0.160. The molecule has 62 valence electrons. The molecule has 4 heteroatoms. The molecule has 0 aliphatic heterocycles. The van der Waals surface area contributed by atoms with Crippen molar-refractivity contribution in [3.63, 3.8) is 0 Å². The predicted molar refractivity (Wildman–Crippen MR) is 42.3 cm³/mol. The third-order valence-electron chi connectivity index (χ3n) is 1.81. The number of nitrogens with two attached hydrogens (primary N) is 3. The van der Waals surface area contributed by atoms with Gasteiger partial charge in [0.15, 0.2) is 0 Å². The van der Waals surface area contributed by atoms with Crippen molar-refractivity contribution in [2.24, 2.45) is 17.4 Å². The molecule has 0 aliphatic rings. The third kappa shape index (κ3) is 2.22. The van der Waals surface area contributed by atoms with Crippen LogP contribution in [-0.4, -0.2) is 10.8 Å². The van der Waals surface area contributed by atoms with Gasteiger partial charge in [-0.2, -0.15) is 5.12 Å². The fourth-order valence-corrected chi connectivity index (χ4v) is 0.921. The van der Waals surface area contributed by atoms with Crippen molar-refractivity contribution in [1.82, 2.24) is 5.12 Å². The van der Waals surface area contributed by atoms with E-state index in [4.69, 9.17) is 17.4 Å². The molecule has 0 rings (SSSR count). The van der Waals surface area contributed by atoms with Gasteiger partial charge >= 0.3 is 0 Å². The average Bonchev–Trinajstić information content (AvgIpc) is 1.88.